The van der Waals surface area contributed by atoms with E-state index in [-0.39, 0.29) is 29.8 Å². The molecule has 0 aliphatic heterocycles. The van der Waals surface area contributed by atoms with Crippen LogP contribution in [0.4, 0.5) is 5.69 Å². The number of hydrogen-bond donors (Lipinski definition) is 1. The summed E-state index contributed by atoms with van der Waals surface area (Å²) in [7, 11) is -4.19. The predicted molar refractivity (Wildman–Crippen MR) is 193 cm³/mol. The van der Waals surface area contributed by atoms with Gasteiger partial charge in [0.25, 0.3) is 10.0 Å². The number of anilines is 1. The number of para-hydroxylation sites is 1. The Balaban J connectivity index is 1.59. The van der Waals surface area contributed by atoms with Gasteiger partial charge in [-0.05, 0) is 73.7 Å². The van der Waals surface area contributed by atoms with Crippen molar-refractivity contribution in [3.63, 3.8) is 0 Å². The molecule has 1 saturated carbocycles. The number of hydrogen-bond acceptors (Lipinski definition) is 4. The smallest absolute Gasteiger partial charge is 0.264 e. The normalized spacial score (nSPS) is 14.2. The van der Waals surface area contributed by atoms with Crippen LogP contribution in [-0.4, -0.2) is 43.8 Å². The second-order valence-corrected chi connectivity index (χ2v) is 15.1. The highest BCUT2D eigenvalue weighted by molar-refractivity contribution is 7.92. The van der Waals surface area contributed by atoms with Crippen molar-refractivity contribution >= 4 is 50.7 Å². The van der Waals surface area contributed by atoms with Gasteiger partial charge in [-0.2, -0.15) is 0 Å². The fourth-order valence-electron chi connectivity index (χ4n) is 6.13. The lowest BCUT2D eigenvalue weighted by molar-refractivity contribution is -0.140. The minimum Gasteiger partial charge on any atom is -0.352 e. The minimum atomic E-state index is -4.19. The molecule has 48 heavy (non-hydrogen) atoms. The molecule has 0 heterocycles. The molecule has 0 aromatic heterocycles. The van der Waals surface area contributed by atoms with E-state index >= 15 is 0 Å². The predicted octanol–water partition coefficient (Wildman–Crippen LogP) is 7.89. The number of carbonyl (C=O) groups is 2. The summed E-state index contributed by atoms with van der Waals surface area (Å²) in [5, 5.41) is 4.00. The molecule has 0 unspecified atom stereocenters. The first-order valence-electron chi connectivity index (χ1n) is 16.3. The maximum Gasteiger partial charge on any atom is 0.264 e. The molecule has 1 aliphatic rings. The number of amides is 2. The third kappa shape index (κ3) is 8.78. The first-order valence-corrected chi connectivity index (χ1v) is 18.5. The van der Waals surface area contributed by atoms with E-state index in [1.807, 2.05) is 43.3 Å². The summed E-state index contributed by atoms with van der Waals surface area (Å²) in [6.07, 6.45) is 5.15. The molecule has 1 fully saturated rings. The number of carbonyl (C=O) groups excluding carboxylic acids is 2. The zero-order chi connectivity index (χ0) is 34.3. The first kappa shape index (κ1) is 35.5. The van der Waals surface area contributed by atoms with Gasteiger partial charge in [0.2, 0.25) is 11.8 Å². The van der Waals surface area contributed by atoms with Gasteiger partial charge in [-0.15, -0.1) is 0 Å². The second kappa shape index (κ2) is 16.0. The Morgan fingerprint density at radius 2 is 1.52 bits per heavy atom. The molecule has 2 amide bonds. The van der Waals surface area contributed by atoms with Crippen molar-refractivity contribution in [1.29, 1.82) is 0 Å². The van der Waals surface area contributed by atoms with Crippen LogP contribution in [0.15, 0.2) is 102 Å². The molecule has 0 saturated heterocycles. The van der Waals surface area contributed by atoms with Gasteiger partial charge in [-0.1, -0.05) is 115 Å². The fraction of sp³-hybridized carbons (Fsp3) is 0.316. The SMILES string of the molecule is Cc1ccc(S(=O)(=O)N(CC(=O)N(Cc2ccc(Cl)cc2Cl)[C@@H](Cc2ccccc2)C(=O)NC2CCCCC2)c2ccccc2C)cc1. The van der Waals surface area contributed by atoms with E-state index in [1.165, 1.54) is 4.90 Å². The van der Waals surface area contributed by atoms with Gasteiger partial charge in [-0.25, -0.2) is 8.42 Å². The summed E-state index contributed by atoms with van der Waals surface area (Å²) in [5.74, 6) is -0.826. The van der Waals surface area contributed by atoms with Crippen molar-refractivity contribution < 1.29 is 18.0 Å². The molecule has 1 aliphatic carbocycles. The topological polar surface area (TPSA) is 86.8 Å². The Kier molecular flexibility index (Phi) is 11.8. The highest BCUT2D eigenvalue weighted by Gasteiger charge is 2.36. The summed E-state index contributed by atoms with van der Waals surface area (Å²) in [6.45, 7) is 3.12. The van der Waals surface area contributed by atoms with Gasteiger partial charge in [0.1, 0.15) is 12.6 Å². The van der Waals surface area contributed by atoms with Gasteiger partial charge in [0, 0.05) is 29.1 Å². The molecule has 4 aromatic rings. The zero-order valence-corrected chi connectivity index (χ0v) is 29.6. The third-order valence-corrected chi connectivity index (χ3v) is 11.2. The average Bonchev–Trinajstić information content (AvgIpc) is 3.07. The lowest BCUT2D eigenvalue weighted by Gasteiger charge is -2.35. The summed E-state index contributed by atoms with van der Waals surface area (Å²) in [5.41, 5.74) is 3.42. The van der Waals surface area contributed by atoms with Crippen LogP contribution >= 0.6 is 23.2 Å². The molecule has 1 atom stereocenters. The van der Waals surface area contributed by atoms with E-state index in [0.717, 1.165) is 47.5 Å². The molecule has 0 radical (unpaired) electrons. The Bertz CT molecular complexity index is 1830. The monoisotopic (exact) mass is 705 g/mol. The first-order chi connectivity index (χ1) is 23.0. The molecule has 252 valence electrons. The van der Waals surface area contributed by atoms with Gasteiger partial charge in [0.15, 0.2) is 0 Å². The summed E-state index contributed by atoms with van der Waals surface area (Å²) in [6, 6.07) is 27.2. The van der Waals surface area contributed by atoms with Crippen LogP contribution in [0.5, 0.6) is 0 Å². The maximum absolute atomic E-state index is 14.8. The van der Waals surface area contributed by atoms with Gasteiger partial charge in [0.05, 0.1) is 10.6 Å². The number of nitrogens with one attached hydrogen (secondary N) is 1. The van der Waals surface area contributed by atoms with Crippen molar-refractivity contribution in [2.24, 2.45) is 0 Å². The molecule has 0 spiro atoms. The van der Waals surface area contributed by atoms with Crippen molar-refractivity contribution in [3.05, 3.63) is 129 Å². The largest absolute Gasteiger partial charge is 0.352 e. The van der Waals surface area contributed by atoms with Crippen molar-refractivity contribution in [2.45, 2.75) is 75.9 Å². The summed E-state index contributed by atoms with van der Waals surface area (Å²) in [4.78, 5) is 30.5. The van der Waals surface area contributed by atoms with Crippen molar-refractivity contribution in [2.75, 3.05) is 10.8 Å². The molecule has 0 bridgehead atoms. The number of benzene rings is 4. The Hall–Kier alpha value is -3.85. The van der Waals surface area contributed by atoms with E-state index in [4.69, 9.17) is 23.2 Å². The van der Waals surface area contributed by atoms with Crippen LogP contribution < -0.4 is 9.62 Å². The molecule has 1 N–H and O–H groups in total. The highest BCUT2D eigenvalue weighted by atomic mass is 35.5. The van der Waals surface area contributed by atoms with E-state index in [2.05, 4.69) is 5.32 Å². The third-order valence-electron chi connectivity index (χ3n) is 8.85. The van der Waals surface area contributed by atoms with E-state index in [1.54, 1.807) is 67.6 Å². The number of nitrogens with zero attached hydrogens (tertiary/aromatic N) is 2. The zero-order valence-electron chi connectivity index (χ0n) is 27.2. The number of halogens is 2. The minimum absolute atomic E-state index is 0.00553. The van der Waals surface area contributed by atoms with Gasteiger partial charge < -0.3 is 10.2 Å². The quantitative estimate of drug-likeness (QED) is 0.162. The molecular formula is C38H41Cl2N3O4S. The Morgan fingerprint density at radius 1 is 0.854 bits per heavy atom. The molecule has 5 rings (SSSR count). The molecule has 4 aromatic carbocycles. The van der Waals surface area contributed by atoms with Gasteiger partial charge >= 0.3 is 0 Å². The fourth-order valence-corrected chi connectivity index (χ4v) is 8.07. The lowest BCUT2D eigenvalue weighted by atomic mass is 9.94. The van der Waals surface area contributed by atoms with E-state index in [0.29, 0.717) is 26.9 Å². The second-order valence-electron chi connectivity index (χ2n) is 12.4. The van der Waals surface area contributed by atoms with Crippen molar-refractivity contribution in [3.8, 4) is 0 Å². The standard InChI is InChI=1S/C38H41Cl2N3O4S/c1-27-17-21-33(22-18-27)48(46,47)43(35-16-10-9-11-28(35)2)26-37(44)42(25-30-19-20-31(39)24-34(30)40)36(23-29-12-5-3-6-13-29)38(45)41-32-14-7-4-8-15-32/h3,5-6,9-13,16-22,24,32,36H,4,7-8,14-15,23,25-26H2,1-2H3,(H,41,45)/t36-/m0/s1. The van der Waals surface area contributed by atoms with Crippen LogP contribution in [0.25, 0.3) is 0 Å². The maximum atomic E-state index is 14.8. The highest BCUT2D eigenvalue weighted by Crippen LogP contribution is 2.29. The lowest BCUT2D eigenvalue weighted by Crippen LogP contribution is -2.55. The summed E-state index contributed by atoms with van der Waals surface area (Å²) >= 11 is 12.8. The van der Waals surface area contributed by atoms with Crippen LogP contribution in [0.3, 0.4) is 0 Å². The molecule has 7 nitrogen and oxygen atoms in total. The van der Waals surface area contributed by atoms with Crippen LogP contribution in [0.1, 0.15) is 54.4 Å². The van der Waals surface area contributed by atoms with E-state index in [9.17, 15) is 18.0 Å². The van der Waals surface area contributed by atoms with Crippen LogP contribution in [0, 0.1) is 13.8 Å². The van der Waals surface area contributed by atoms with Gasteiger partial charge in [-0.3, -0.25) is 13.9 Å². The molecule has 10 heteroatoms. The number of sulfonamides is 1. The number of aryl methyl sites for hydroxylation is 2. The number of rotatable bonds is 12. The van der Waals surface area contributed by atoms with Crippen molar-refractivity contribution in [1.82, 2.24) is 10.2 Å². The Morgan fingerprint density at radius 3 is 2.19 bits per heavy atom. The van der Waals surface area contributed by atoms with E-state index < -0.39 is 28.5 Å². The average molecular weight is 707 g/mol. The molecular weight excluding hydrogens is 665 g/mol. The van der Waals surface area contributed by atoms with Crippen LogP contribution in [0.2, 0.25) is 10.0 Å². The van der Waals surface area contributed by atoms with Crippen LogP contribution in [-0.2, 0) is 32.6 Å². The summed E-state index contributed by atoms with van der Waals surface area (Å²) < 4.78 is 29.7. The Labute approximate surface area is 293 Å².